The van der Waals surface area contributed by atoms with E-state index >= 15 is 0 Å². The summed E-state index contributed by atoms with van der Waals surface area (Å²) < 4.78 is 13.5. The standard InChI is InChI=1S/C23H26ClN3O4/c1-6-13-7-8-14(30-18-10-9-17-25-16(24)12-27(17)26-18)11-15(13)19-20(28)22(2,3)31-23(4,5)21(19)29/h7-8,11-12,28H,6,9-10H2,1-5H3. The smallest absolute Gasteiger partial charge is 0.213 e. The zero-order valence-electron chi connectivity index (χ0n) is 18.3. The number of carbonyl (C=O) groups excluding carboxylic acids is 1. The first-order valence-corrected chi connectivity index (χ1v) is 10.7. The lowest BCUT2D eigenvalue weighted by atomic mass is 9.81. The van der Waals surface area contributed by atoms with Crippen LogP contribution in [0, 0.1) is 0 Å². The molecule has 3 heterocycles. The van der Waals surface area contributed by atoms with Crippen molar-refractivity contribution < 1.29 is 19.4 Å². The van der Waals surface area contributed by atoms with E-state index < -0.39 is 11.2 Å². The highest BCUT2D eigenvalue weighted by molar-refractivity contribution is 6.29. The monoisotopic (exact) mass is 443 g/mol. The molecule has 0 amide bonds. The summed E-state index contributed by atoms with van der Waals surface area (Å²) in [4.78, 5) is 17.4. The van der Waals surface area contributed by atoms with Gasteiger partial charge in [0.1, 0.15) is 33.7 Å². The molecular weight excluding hydrogens is 418 g/mol. The molecule has 0 spiro atoms. The lowest BCUT2D eigenvalue weighted by Crippen LogP contribution is -2.49. The van der Waals surface area contributed by atoms with Crippen LogP contribution in [-0.4, -0.2) is 37.6 Å². The Balaban J connectivity index is 1.75. The van der Waals surface area contributed by atoms with Crippen LogP contribution in [0.4, 0.5) is 0 Å². The van der Waals surface area contributed by atoms with Gasteiger partial charge in [-0.2, -0.15) is 0 Å². The Morgan fingerprint density at radius 1 is 1.23 bits per heavy atom. The van der Waals surface area contributed by atoms with Crippen molar-refractivity contribution in [1.29, 1.82) is 0 Å². The number of aromatic nitrogens is 2. The summed E-state index contributed by atoms with van der Waals surface area (Å²) in [5.41, 5.74) is -0.186. The van der Waals surface area contributed by atoms with Crippen molar-refractivity contribution in [2.24, 2.45) is 5.10 Å². The molecule has 0 aliphatic carbocycles. The van der Waals surface area contributed by atoms with Gasteiger partial charge in [-0.05, 0) is 57.4 Å². The van der Waals surface area contributed by atoms with Crippen LogP contribution in [0.25, 0.3) is 5.57 Å². The number of benzene rings is 1. The van der Waals surface area contributed by atoms with Crippen LogP contribution >= 0.6 is 11.6 Å². The molecule has 8 heteroatoms. The molecule has 0 saturated carbocycles. The summed E-state index contributed by atoms with van der Waals surface area (Å²) in [6, 6.07) is 5.55. The molecule has 0 radical (unpaired) electrons. The third-order valence-electron chi connectivity index (χ3n) is 5.57. The number of aliphatic hydroxyl groups excluding tert-OH is 1. The Bertz CT molecular complexity index is 1130. The number of hydrogen-bond acceptors (Lipinski definition) is 6. The van der Waals surface area contributed by atoms with E-state index in [1.165, 1.54) is 0 Å². The molecule has 31 heavy (non-hydrogen) atoms. The molecule has 4 rings (SSSR count). The van der Waals surface area contributed by atoms with E-state index in [1.807, 2.05) is 19.1 Å². The number of carbonyl (C=O) groups is 1. The molecular formula is C23H26ClN3O4. The maximum absolute atomic E-state index is 13.2. The number of rotatable bonds is 3. The van der Waals surface area contributed by atoms with Gasteiger partial charge in [-0.25, -0.2) is 9.66 Å². The largest absolute Gasteiger partial charge is 0.508 e. The Morgan fingerprint density at radius 3 is 2.68 bits per heavy atom. The highest BCUT2D eigenvalue weighted by atomic mass is 35.5. The SMILES string of the molecule is CCc1ccc(OC2=Nn3cc(Cl)nc3CC2)cc1C1=C(O)C(C)(C)OC(C)(C)C1=O. The van der Waals surface area contributed by atoms with Gasteiger partial charge in [-0.15, -0.1) is 5.10 Å². The van der Waals surface area contributed by atoms with Crippen LogP contribution < -0.4 is 4.74 Å². The number of fused-ring (bicyclic) bond motifs is 1. The van der Waals surface area contributed by atoms with Gasteiger partial charge in [-0.3, -0.25) is 4.79 Å². The first-order chi connectivity index (χ1) is 14.5. The highest BCUT2D eigenvalue weighted by Gasteiger charge is 2.47. The summed E-state index contributed by atoms with van der Waals surface area (Å²) in [6.45, 7) is 8.97. The van der Waals surface area contributed by atoms with Crippen molar-refractivity contribution in [2.45, 2.75) is 65.1 Å². The van der Waals surface area contributed by atoms with Gasteiger partial charge in [0.25, 0.3) is 0 Å². The van der Waals surface area contributed by atoms with Gasteiger partial charge < -0.3 is 14.6 Å². The van der Waals surface area contributed by atoms with Crippen molar-refractivity contribution in [1.82, 2.24) is 9.66 Å². The van der Waals surface area contributed by atoms with Crippen molar-refractivity contribution >= 4 is 28.9 Å². The molecule has 2 aliphatic rings. The molecule has 2 aromatic rings. The summed E-state index contributed by atoms with van der Waals surface area (Å²) >= 11 is 5.96. The molecule has 7 nitrogen and oxygen atoms in total. The average Bonchev–Trinajstić information content (AvgIpc) is 3.06. The van der Waals surface area contributed by atoms with Gasteiger partial charge in [0.15, 0.2) is 5.78 Å². The predicted octanol–water partition coefficient (Wildman–Crippen LogP) is 4.71. The topological polar surface area (TPSA) is 85.9 Å². The van der Waals surface area contributed by atoms with Crippen LogP contribution in [0.15, 0.2) is 35.3 Å². The Kier molecular flexibility index (Phi) is 5.22. The molecule has 0 saturated heterocycles. The molecule has 1 N–H and O–H groups in total. The first kappa shape index (κ1) is 21.6. The third-order valence-corrected chi connectivity index (χ3v) is 5.75. The Hall–Kier alpha value is -2.64. The van der Waals surface area contributed by atoms with E-state index in [0.717, 1.165) is 11.4 Å². The van der Waals surface area contributed by atoms with Gasteiger partial charge in [0.05, 0.1) is 11.8 Å². The second-order valence-electron chi connectivity index (χ2n) is 8.77. The number of Topliss-reactive ketones (excluding diaryl/α,β-unsaturated/α-hetero) is 1. The zero-order chi connectivity index (χ0) is 22.6. The average molecular weight is 444 g/mol. The molecule has 1 aromatic heterocycles. The fraction of sp³-hybridized carbons (Fsp3) is 0.435. The lowest BCUT2D eigenvalue weighted by Gasteiger charge is -2.40. The molecule has 0 unspecified atom stereocenters. The van der Waals surface area contributed by atoms with Crippen LogP contribution in [-0.2, 0) is 22.4 Å². The number of aryl methyl sites for hydroxylation is 2. The van der Waals surface area contributed by atoms with Crippen LogP contribution in [0.5, 0.6) is 5.75 Å². The first-order valence-electron chi connectivity index (χ1n) is 10.3. The van der Waals surface area contributed by atoms with Crippen LogP contribution in [0.1, 0.15) is 58.0 Å². The van der Waals surface area contributed by atoms with E-state index in [-0.39, 0.29) is 17.1 Å². The minimum atomic E-state index is -1.06. The summed E-state index contributed by atoms with van der Waals surface area (Å²) in [5.74, 6) is 1.51. The van der Waals surface area contributed by atoms with Gasteiger partial charge in [-0.1, -0.05) is 24.6 Å². The molecule has 1 aromatic carbocycles. The second kappa shape index (κ2) is 7.50. The normalized spacial score (nSPS) is 19.8. The number of ether oxygens (including phenoxy) is 2. The third kappa shape index (κ3) is 3.88. The van der Waals surface area contributed by atoms with E-state index in [2.05, 4.69) is 10.1 Å². The van der Waals surface area contributed by atoms with Crippen LogP contribution in [0.3, 0.4) is 0 Å². The van der Waals surface area contributed by atoms with Crippen LogP contribution in [0.2, 0.25) is 5.15 Å². The Labute approximate surface area is 186 Å². The van der Waals surface area contributed by atoms with Crippen molar-refractivity contribution in [3.63, 3.8) is 0 Å². The number of ketones is 1. The van der Waals surface area contributed by atoms with E-state index in [4.69, 9.17) is 21.1 Å². The molecule has 2 aliphatic heterocycles. The fourth-order valence-corrected chi connectivity index (χ4v) is 4.27. The quantitative estimate of drug-likeness (QED) is 0.742. The van der Waals surface area contributed by atoms with Gasteiger partial charge >= 0.3 is 0 Å². The summed E-state index contributed by atoms with van der Waals surface area (Å²) in [6.07, 6.45) is 3.58. The van der Waals surface area contributed by atoms with E-state index in [9.17, 15) is 9.90 Å². The molecule has 0 atom stereocenters. The minimum absolute atomic E-state index is 0.0728. The fourth-order valence-electron chi connectivity index (χ4n) is 4.08. The number of imidazole rings is 1. The van der Waals surface area contributed by atoms with Crippen molar-refractivity contribution in [3.05, 3.63) is 52.3 Å². The predicted molar refractivity (Wildman–Crippen MR) is 119 cm³/mol. The number of halogens is 1. The van der Waals surface area contributed by atoms with Gasteiger partial charge in [0.2, 0.25) is 5.90 Å². The molecule has 164 valence electrons. The second-order valence-corrected chi connectivity index (χ2v) is 9.16. The highest BCUT2D eigenvalue weighted by Crippen LogP contribution is 2.41. The minimum Gasteiger partial charge on any atom is -0.508 e. The van der Waals surface area contributed by atoms with Gasteiger partial charge in [0, 0.05) is 12.8 Å². The maximum Gasteiger partial charge on any atom is 0.213 e. The summed E-state index contributed by atoms with van der Waals surface area (Å²) in [7, 11) is 0. The zero-order valence-corrected chi connectivity index (χ0v) is 19.1. The lowest BCUT2D eigenvalue weighted by molar-refractivity contribution is -0.158. The maximum atomic E-state index is 13.2. The van der Waals surface area contributed by atoms with E-state index in [0.29, 0.717) is 41.6 Å². The van der Waals surface area contributed by atoms with Crippen molar-refractivity contribution in [2.75, 3.05) is 0 Å². The summed E-state index contributed by atoms with van der Waals surface area (Å²) in [5, 5.41) is 15.8. The number of nitrogens with zero attached hydrogens (tertiary/aromatic N) is 3. The Morgan fingerprint density at radius 2 is 1.97 bits per heavy atom. The number of hydrogen-bond donors (Lipinski definition) is 1. The van der Waals surface area contributed by atoms with E-state index in [1.54, 1.807) is 44.6 Å². The van der Waals surface area contributed by atoms with Crippen molar-refractivity contribution in [3.8, 4) is 5.75 Å². The molecule has 0 bridgehead atoms. The molecule has 0 fully saturated rings. The number of aliphatic hydroxyl groups is 1.